The quantitative estimate of drug-likeness (QED) is 0.633. The van der Waals surface area contributed by atoms with E-state index in [9.17, 15) is 18.0 Å². The van der Waals surface area contributed by atoms with E-state index in [1.165, 1.54) is 0 Å². The van der Waals surface area contributed by atoms with Gasteiger partial charge < -0.3 is 4.74 Å². The summed E-state index contributed by atoms with van der Waals surface area (Å²) in [5.74, 6) is -0.772. The summed E-state index contributed by atoms with van der Waals surface area (Å²) in [6, 6.07) is -0.559. The van der Waals surface area contributed by atoms with Gasteiger partial charge in [0.15, 0.2) is 6.04 Å². The fourth-order valence-electron chi connectivity index (χ4n) is 1.30. The van der Waals surface area contributed by atoms with Crippen LogP contribution < -0.4 is 0 Å². The van der Waals surface area contributed by atoms with Crippen LogP contribution in [0.25, 0.3) is 0 Å². The van der Waals surface area contributed by atoms with E-state index in [-0.39, 0.29) is 17.3 Å². The van der Waals surface area contributed by atoms with Crippen LogP contribution in [-0.2, 0) is 15.7 Å². The van der Waals surface area contributed by atoms with Gasteiger partial charge >= 0.3 is 12.1 Å². The number of pyridine rings is 1. The molecular formula is C11H10ClF3N2O2. The van der Waals surface area contributed by atoms with Gasteiger partial charge in [0, 0.05) is 6.20 Å². The fourth-order valence-corrected chi connectivity index (χ4v) is 1.57. The summed E-state index contributed by atoms with van der Waals surface area (Å²) >= 11 is 5.70. The Bertz CT molecular complexity index is 491. The molecule has 0 radical (unpaired) electrons. The molecule has 1 aromatic rings. The molecule has 0 N–H and O–H groups in total. The lowest BCUT2D eigenvalue weighted by atomic mass is 10.1. The van der Waals surface area contributed by atoms with Gasteiger partial charge in [0.05, 0.1) is 22.9 Å². The molecule has 19 heavy (non-hydrogen) atoms. The molecule has 1 aromatic heterocycles. The van der Waals surface area contributed by atoms with Crippen molar-refractivity contribution in [3.05, 3.63) is 28.5 Å². The number of alkyl halides is 3. The van der Waals surface area contributed by atoms with E-state index < -0.39 is 23.8 Å². The normalized spacial score (nSPS) is 12.9. The number of esters is 1. The average Bonchev–Trinajstić information content (AvgIpc) is 2.31. The Balaban J connectivity index is 3.14. The molecule has 0 spiro atoms. The molecule has 0 aliphatic carbocycles. The van der Waals surface area contributed by atoms with Crippen LogP contribution in [0.15, 0.2) is 17.3 Å². The fraction of sp³-hybridized carbons (Fsp3) is 0.364. The van der Waals surface area contributed by atoms with Crippen molar-refractivity contribution in [3.63, 3.8) is 0 Å². The third-order valence-corrected chi connectivity index (χ3v) is 2.45. The van der Waals surface area contributed by atoms with Crippen LogP contribution in [0.1, 0.15) is 24.2 Å². The number of carbonyl (C=O) groups is 1. The average molecular weight is 295 g/mol. The number of ether oxygens (including phenoxy) is 1. The Labute approximate surface area is 112 Å². The molecule has 1 unspecified atom stereocenters. The van der Waals surface area contributed by atoms with E-state index in [1.54, 1.807) is 6.92 Å². The van der Waals surface area contributed by atoms with Crippen molar-refractivity contribution in [1.29, 1.82) is 0 Å². The van der Waals surface area contributed by atoms with Crippen molar-refractivity contribution in [1.82, 2.24) is 4.98 Å². The first-order valence-electron chi connectivity index (χ1n) is 5.16. The molecule has 0 saturated heterocycles. The van der Waals surface area contributed by atoms with Crippen LogP contribution in [-0.4, -0.2) is 24.3 Å². The number of aliphatic imine (C=N–C) groups is 1. The van der Waals surface area contributed by atoms with Crippen LogP contribution in [0.2, 0.25) is 5.02 Å². The van der Waals surface area contributed by atoms with Gasteiger partial charge in [-0.1, -0.05) is 11.6 Å². The highest BCUT2D eigenvalue weighted by atomic mass is 35.5. The van der Waals surface area contributed by atoms with E-state index in [0.717, 1.165) is 0 Å². The van der Waals surface area contributed by atoms with E-state index in [2.05, 4.69) is 16.7 Å². The lowest BCUT2D eigenvalue weighted by molar-refractivity contribution is -0.144. The highest BCUT2D eigenvalue weighted by molar-refractivity contribution is 6.31. The lowest BCUT2D eigenvalue weighted by Gasteiger charge is -2.13. The minimum Gasteiger partial charge on any atom is -0.464 e. The van der Waals surface area contributed by atoms with Crippen molar-refractivity contribution in [3.8, 4) is 0 Å². The summed E-state index contributed by atoms with van der Waals surface area (Å²) in [4.78, 5) is 18.5. The Morgan fingerprint density at radius 1 is 1.63 bits per heavy atom. The van der Waals surface area contributed by atoms with Gasteiger partial charge in [-0.15, -0.1) is 0 Å². The lowest BCUT2D eigenvalue weighted by Crippen LogP contribution is -2.16. The minimum absolute atomic E-state index is 0.100. The van der Waals surface area contributed by atoms with Gasteiger partial charge in [-0.05, 0) is 19.7 Å². The van der Waals surface area contributed by atoms with Crippen molar-refractivity contribution >= 4 is 24.3 Å². The Hall–Kier alpha value is -1.63. The predicted octanol–water partition coefficient (Wildman–Crippen LogP) is 3.06. The first-order valence-corrected chi connectivity index (χ1v) is 5.54. The SMILES string of the molecule is C=NC(C(=O)OCC)c1ncc(C(F)(F)F)cc1Cl. The number of nitrogens with zero attached hydrogens (tertiary/aromatic N) is 2. The van der Waals surface area contributed by atoms with E-state index in [4.69, 9.17) is 16.3 Å². The zero-order valence-corrected chi connectivity index (χ0v) is 10.6. The first-order chi connectivity index (χ1) is 8.81. The van der Waals surface area contributed by atoms with Crippen LogP contribution >= 0.6 is 11.6 Å². The van der Waals surface area contributed by atoms with Crippen LogP contribution in [0, 0.1) is 0 Å². The topological polar surface area (TPSA) is 51.5 Å². The molecule has 0 amide bonds. The summed E-state index contributed by atoms with van der Waals surface area (Å²) in [7, 11) is 0. The summed E-state index contributed by atoms with van der Waals surface area (Å²) in [5.41, 5.74) is -1.13. The van der Waals surface area contributed by atoms with Gasteiger partial charge in [-0.25, -0.2) is 4.79 Å². The van der Waals surface area contributed by atoms with Gasteiger partial charge in [0.25, 0.3) is 0 Å². The maximum absolute atomic E-state index is 12.4. The summed E-state index contributed by atoms with van der Waals surface area (Å²) in [6.45, 7) is 4.86. The molecule has 0 aliphatic heterocycles. The first kappa shape index (κ1) is 15.4. The number of rotatable bonds is 4. The van der Waals surface area contributed by atoms with Crippen molar-refractivity contribution in [2.75, 3.05) is 6.61 Å². The smallest absolute Gasteiger partial charge is 0.417 e. The minimum atomic E-state index is -4.56. The molecule has 1 heterocycles. The maximum atomic E-state index is 12.4. The number of carbonyl (C=O) groups excluding carboxylic acids is 1. The zero-order chi connectivity index (χ0) is 14.6. The number of hydrogen-bond donors (Lipinski definition) is 0. The van der Waals surface area contributed by atoms with Crippen LogP contribution in [0.3, 0.4) is 0 Å². The molecule has 0 fully saturated rings. The predicted molar refractivity (Wildman–Crippen MR) is 63.2 cm³/mol. The van der Waals surface area contributed by atoms with Crippen molar-refractivity contribution in [2.45, 2.75) is 19.1 Å². The van der Waals surface area contributed by atoms with Crippen LogP contribution in [0.4, 0.5) is 13.2 Å². The monoisotopic (exact) mass is 294 g/mol. The maximum Gasteiger partial charge on any atom is 0.417 e. The van der Waals surface area contributed by atoms with Gasteiger partial charge in [0.2, 0.25) is 0 Å². The third kappa shape index (κ3) is 3.66. The molecule has 4 nitrogen and oxygen atoms in total. The summed E-state index contributed by atoms with van der Waals surface area (Å²) < 4.78 is 42.0. The number of halogens is 4. The molecule has 1 atom stereocenters. The Morgan fingerprint density at radius 3 is 2.68 bits per heavy atom. The van der Waals surface area contributed by atoms with E-state index in [1.807, 2.05) is 0 Å². The molecule has 0 aromatic carbocycles. The van der Waals surface area contributed by atoms with Crippen molar-refractivity contribution in [2.24, 2.45) is 4.99 Å². The summed E-state index contributed by atoms with van der Waals surface area (Å²) in [6.07, 6.45) is -3.98. The van der Waals surface area contributed by atoms with Crippen molar-refractivity contribution < 1.29 is 22.7 Å². The standard InChI is InChI=1S/C11H10ClF3N2O2/c1-3-19-10(18)9(16-2)8-7(12)4-6(5-17-8)11(13,14)15/h4-5,9H,2-3H2,1H3. The molecule has 0 bridgehead atoms. The molecule has 104 valence electrons. The zero-order valence-electron chi connectivity index (χ0n) is 9.87. The Kier molecular flexibility index (Phi) is 4.88. The van der Waals surface area contributed by atoms with Gasteiger partial charge in [-0.3, -0.25) is 9.98 Å². The molecule has 0 saturated carbocycles. The third-order valence-electron chi connectivity index (χ3n) is 2.15. The van der Waals surface area contributed by atoms with E-state index in [0.29, 0.717) is 12.3 Å². The Morgan fingerprint density at radius 2 is 2.26 bits per heavy atom. The molecule has 1 rings (SSSR count). The molecule has 0 aliphatic rings. The second-order valence-electron chi connectivity index (χ2n) is 3.43. The molecular weight excluding hydrogens is 285 g/mol. The second kappa shape index (κ2) is 6.01. The highest BCUT2D eigenvalue weighted by Crippen LogP contribution is 2.33. The van der Waals surface area contributed by atoms with Gasteiger partial charge in [-0.2, -0.15) is 13.2 Å². The van der Waals surface area contributed by atoms with E-state index >= 15 is 0 Å². The largest absolute Gasteiger partial charge is 0.464 e. The summed E-state index contributed by atoms with van der Waals surface area (Å²) in [5, 5.41) is -0.319. The second-order valence-corrected chi connectivity index (χ2v) is 3.83. The number of hydrogen-bond acceptors (Lipinski definition) is 4. The number of aromatic nitrogens is 1. The molecule has 8 heteroatoms. The van der Waals surface area contributed by atoms with Gasteiger partial charge in [0.1, 0.15) is 0 Å². The highest BCUT2D eigenvalue weighted by Gasteiger charge is 2.33. The van der Waals surface area contributed by atoms with Crippen LogP contribution in [0.5, 0.6) is 0 Å².